The number of rotatable bonds is 7. The molecule has 2 aromatic carbocycles. The van der Waals surface area contributed by atoms with Crippen LogP contribution in [0.4, 0.5) is 0 Å². The molecule has 0 bridgehead atoms. The van der Waals surface area contributed by atoms with Crippen molar-refractivity contribution in [3.63, 3.8) is 0 Å². The van der Waals surface area contributed by atoms with Gasteiger partial charge in [-0.3, -0.25) is 4.79 Å². The van der Waals surface area contributed by atoms with Gasteiger partial charge in [-0.2, -0.15) is 0 Å². The highest BCUT2D eigenvalue weighted by Gasteiger charge is 2.33. The summed E-state index contributed by atoms with van der Waals surface area (Å²) < 4.78 is 11.4. The van der Waals surface area contributed by atoms with Gasteiger partial charge in [0.2, 0.25) is 0 Å². The number of thiophene rings is 1. The zero-order chi connectivity index (χ0) is 21.2. The van der Waals surface area contributed by atoms with Crippen molar-refractivity contribution in [1.82, 2.24) is 4.98 Å². The Labute approximate surface area is 188 Å². The number of aryl methyl sites for hydroxylation is 1. The summed E-state index contributed by atoms with van der Waals surface area (Å²) in [4.78, 5) is 20.0. The number of thiazole rings is 1. The van der Waals surface area contributed by atoms with E-state index in [9.17, 15) is 4.79 Å². The molecule has 0 spiro atoms. The fourth-order valence-corrected chi connectivity index (χ4v) is 5.05. The second-order valence-corrected chi connectivity index (χ2v) is 9.12. The summed E-state index contributed by atoms with van der Waals surface area (Å²) in [5.74, 6) is 0.623. The third-order valence-corrected chi connectivity index (χ3v) is 6.80. The Morgan fingerprint density at radius 1 is 0.935 bits per heavy atom. The molecule has 31 heavy (non-hydrogen) atoms. The molecule has 0 aliphatic heterocycles. The van der Waals surface area contributed by atoms with Crippen LogP contribution in [0.15, 0.2) is 71.6 Å². The molecule has 0 N–H and O–H groups in total. The third kappa shape index (κ3) is 3.85. The van der Waals surface area contributed by atoms with E-state index in [0.717, 1.165) is 37.7 Å². The lowest BCUT2D eigenvalue weighted by Crippen LogP contribution is -2.04. The molecule has 2 heterocycles. The quantitative estimate of drug-likeness (QED) is 0.250. The van der Waals surface area contributed by atoms with Crippen molar-refractivity contribution in [2.24, 2.45) is 0 Å². The Hall–Kier alpha value is -3.06. The molecule has 0 amide bonds. The van der Waals surface area contributed by atoms with Crippen LogP contribution in [0.5, 0.6) is 5.75 Å². The van der Waals surface area contributed by atoms with E-state index in [1.54, 1.807) is 22.7 Å². The molecule has 0 radical (unpaired) electrons. The van der Waals surface area contributed by atoms with Crippen molar-refractivity contribution >= 4 is 39.6 Å². The highest BCUT2D eigenvalue weighted by Crippen LogP contribution is 2.45. The van der Waals surface area contributed by atoms with Crippen molar-refractivity contribution in [1.29, 1.82) is 0 Å². The topological polar surface area (TPSA) is 48.4 Å². The number of hydrogen-bond acceptors (Lipinski definition) is 6. The van der Waals surface area contributed by atoms with Gasteiger partial charge in [-0.25, -0.2) is 4.98 Å². The van der Waals surface area contributed by atoms with Crippen LogP contribution in [0.1, 0.15) is 36.9 Å². The summed E-state index contributed by atoms with van der Waals surface area (Å²) >= 11 is 3.15. The first kappa shape index (κ1) is 19.9. The first-order chi connectivity index (χ1) is 15.2. The number of ketones is 1. The number of benzene rings is 2. The minimum Gasteiger partial charge on any atom is -0.468 e. The fourth-order valence-electron chi connectivity index (χ4n) is 3.69. The molecule has 6 heteroatoms. The van der Waals surface area contributed by atoms with Gasteiger partial charge in [0.05, 0.1) is 17.8 Å². The second-order valence-electron chi connectivity index (χ2n) is 7.12. The molecule has 154 valence electrons. The molecule has 5 rings (SSSR count). The van der Waals surface area contributed by atoms with Crippen LogP contribution in [-0.4, -0.2) is 17.6 Å². The number of ether oxygens (including phenoxy) is 2. The molecule has 4 nitrogen and oxygen atoms in total. The number of Topliss-reactive ketones (excluding diaryl/α,β-unsaturated/α-hetero) is 1. The molecule has 1 aliphatic rings. The first-order valence-electron chi connectivity index (χ1n) is 9.84. The second kappa shape index (κ2) is 8.59. The van der Waals surface area contributed by atoms with E-state index in [0.29, 0.717) is 17.9 Å². The van der Waals surface area contributed by atoms with E-state index in [1.807, 2.05) is 78.5 Å². The Morgan fingerprint density at radius 2 is 1.81 bits per heavy atom. The van der Waals surface area contributed by atoms with Crippen molar-refractivity contribution in [3.05, 3.63) is 104 Å². The third-order valence-electron chi connectivity index (χ3n) is 5.15. The van der Waals surface area contributed by atoms with E-state index in [-0.39, 0.29) is 12.6 Å². The molecule has 1 aliphatic carbocycles. The summed E-state index contributed by atoms with van der Waals surface area (Å²) in [6, 6.07) is 19.5. The molecule has 0 saturated heterocycles. The summed E-state index contributed by atoms with van der Waals surface area (Å²) in [5, 5.41) is 1.99. The van der Waals surface area contributed by atoms with Gasteiger partial charge in [-0.1, -0.05) is 36.4 Å². The Morgan fingerprint density at radius 3 is 2.55 bits per heavy atom. The van der Waals surface area contributed by atoms with Gasteiger partial charge in [0.25, 0.3) is 0 Å². The van der Waals surface area contributed by atoms with E-state index in [1.165, 1.54) is 0 Å². The molecule has 0 saturated carbocycles. The minimum atomic E-state index is 0.00973. The van der Waals surface area contributed by atoms with Gasteiger partial charge in [0, 0.05) is 26.5 Å². The maximum atomic E-state index is 13.4. The van der Waals surface area contributed by atoms with Crippen LogP contribution >= 0.6 is 22.7 Å². The molecular formula is C25H19NO3S2. The molecule has 0 atom stereocenters. The first-order valence-corrected chi connectivity index (χ1v) is 11.6. The fraction of sp³-hybridized carbons (Fsp3) is 0.120. The summed E-state index contributed by atoms with van der Waals surface area (Å²) in [6.07, 6.45) is 0. The SMILES string of the molecule is Cc1scnc1C1=C(c2cccs2)C(=O)c2cc(OCOCc3ccccc3)ccc21. The summed E-state index contributed by atoms with van der Waals surface area (Å²) in [6.45, 7) is 2.63. The number of aromatic nitrogens is 1. The summed E-state index contributed by atoms with van der Waals surface area (Å²) in [7, 11) is 0. The van der Waals surface area contributed by atoms with Crippen LogP contribution in [0.25, 0.3) is 11.1 Å². The smallest absolute Gasteiger partial charge is 0.195 e. The van der Waals surface area contributed by atoms with E-state index in [4.69, 9.17) is 9.47 Å². The largest absolute Gasteiger partial charge is 0.468 e. The molecule has 0 unspecified atom stereocenters. The van der Waals surface area contributed by atoms with E-state index in [2.05, 4.69) is 4.98 Å². The number of hydrogen-bond donors (Lipinski definition) is 0. The molecule has 0 fully saturated rings. The standard InChI is InChI=1S/C25H19NO3S2/c1-16-24(26-14-31-16)22-19-10-9-18(29-15-28-13-17-6-3-2-4-7-17)12-20(19)25(27)23(22)21-8-5-11-30-21/h2-12,14H,13,15H2,1H3. The van der Waals surface area contributed by atoms with Gasteiger partial charge in [-0.15, -0.1) is 22.7 Å². The lowest BCUT2D eigenvalue weighted by atomic mass is 10.0. The highest BCUT2D eigenvalue weighted by atomic mass is 32.1. The lowest BCUT2D eigenvalue weighted by Gasteiger charge is -2.09. The summed E-state index contributed by atoms with van der Waals surface area (Å²) in [5.41, 5.74) is 6.97. The van der Waals surface area contributed by atoms with Crippen molar-refractivity contribution in [2.45, 2.75) is 13.5 Å². The maximum Gasteiger partial charge on any atom is 0.195 e. The number of carbonyl (C=O) groups is 1. The number of carbonyl (C=O) groups excluding carboxylic acids is 1. The van der Waals surface area contributed by atoms with Gasteiger partial charge in [0.15, 0.2) is 12.6 Å². The normalized spacial score (nSPS) is 13.0. The van der Waals surface area contributed by atoms with Crippen LogP contribution in [-0.2, 0) is 11.3 Å². The minimum absolute atomic E-state index is 0.00973. The van der Waals surface area contributed by atoms with Crippen molar-refractivity contribution in [3.8, 4) is 5.75 Å². The number of nitrogens with zero attached hydrogens (tertiary/aromatic N) is 1. The van der Waals surface area contributed by atoms with Crippen LogP contribution in [0.3, 0.4) is 0 Å². The number of allylic oxidation sites excluding steroid dienone is 1. The average Bonchev–Trinajstić information content (AvgIpc) is 3.52. The monoisotopic (exact) mass is 445 g/mol. The zero-order valence-electron chi connectivity index (χ0n) is 16.8. The molecular weight excluding hydrogens is 426 g/mol. The predicted octanol–water partition coefficient (Wildman–Crippen LogP) is 6.22. The van der Waals surface area contributed by atoms with E-state index < -0.39 is 0 Å². The van der Waals surface area contributed by atoms with E-state index >= 15 is 0 Å². The number of fused-ring (bicyclic) bond motifs is 1. The highest BCUT2D eigenvalue weighted by molar-refractivity contribution is 7.12. The van der Waals surface area contributed by atoms with Gasteiger partial charge in [-0.05, 0) is 47.7 Å². The van der Waals surface area contributed by atoms with Gasteiger partial charge < -0.3 is 9.47 Å². The van der Waals surface area contributed by atoms with Crippen molar-refractivity contribution in [2.75, 3.05) is 6.79 Å². The maximum absolute atomic E-state index is 13.4. The van der Waals surface area contributed by atoms with Crippen molar-refractivity contribution < 1.29 is 14.3 Å². The average molecular weight is 446 g/mol. The molecule has 4 aromatic rings. The Balaban J connectivity index is 1.40. The van der Waals surface area contributed by atoms with Gasteiger partial charge >= 0.3 is 0 Å². The Kier molecular flexibility index (Phi) is 5.51. The van der Waals surface area contributed by atoms with Crippen LogP contribution < -0.4 is 4.74 Å². The Bertz CT molecular complexity index is 1260. The van der Waals surface area contributed by atoms with Crippen LogP contribution in [0, 0.1) is 6.92 Å². The van der Waals surface area contributed by atoms with Gasteiger partial charge in [0.1, 0.15) is 5.75 Å². The molecule has 2 aromatic heterocycles. The lowest BCUT2D eigenvalue weighted by molar-refractivity contribution is 0.00501. The zero-order valence-corrected chi connectivity index (χ0v) is 18.5. The van der Waals surface area contributed by atoms with Crippen LogP contribution in [0.2, 0.25) is 0 Å². The predicted molar refractivity (Wildman–Crippen MR) is 125 cm³/mol.